The monoisotopic (exact) mass is 296 g/mol. The summed E-state index contributed by atoms with van der Waals surface area (Å²) in [6.07, 6.45) is 4.92. The molecule has 19 heavy (non-hydrogen) atoms. The maximum Gasteiger partial charge on any atom is 0.276 e. The van der Waals surface area contributed by atoms with Crippen LogP contribution in [0.1, 0.15) is 25.7 Å². The molecule has 0 amide bonds. The van der Waals surface area contributed by atoms with Crippen molar-refractivity contribution in [2.24, 2.45) is 0 Å². The fourth-order valence-corrected chi connectivity index (χ4v) is 8.54. The van der Waals surface area contributed by atoms with E-state index in [1.807, 2.05) is 44.4 Å². The second-order valence-electron chi connectivity index (χ2n) is 5.46. The first-order valence-electron chi connectivity index (χ1n) is 6.94. The number of rotatable bonds is 2. The van der Waals surface area contributed by atoms with E-state index in [0.717, 1.165) is 4.90 Å². The predicted octanol–water partition coefficient (Wildman–Crippen LogP) is 4.08. The van der Waals surface area contributed by atoms with E-state index in [4.69, 9.17) is 0 Å². The molecule has 2 atom stereocenters. The average molecular weight is 296 g/mol. The molecule has 1 aliphatic carbocycles. The summed E-state index contributed by atoms with van der Waals surface area (Å²) in [5.74, 6) is 0. The maximum absolute atomic E-state index is 13.4. The lowest BCUT2D eigenvalue weighted by molar-refractivity contribution is 0.233. The molecule has 0 radical (unpaired) electrons. The molecular weight excluding hydrogens is 275 g/mol. The van der Waals surface area contributed by atoms with Crippen LogP contribution in [0.3, 0.4) is 0 Å². The van der Waals surface area contributed by atoms with E-state index < -0.39 is 6.65 Å². The van der Waals surface area contributed by atoms with Crippen LogP contribution in [0.15, 0.2) is 35.2 Å². The number of likely N-dealkylation sites (N-methyl/N-ethyl adjacent to an activating group) is 2. The lowest BCUT2D eigenvalue weighted by Gasteiger charge is -2.28. The average Bonchev–Trinajstić information content (AvgIpc) is 2.63. The topological polar surface area (TPSA) is 23.6 Å². The SMILES string of the molecule is CN1[C@@H]2CCCC[C@H]2N(C)P1(=O)Sc1ccccc1. The first kappa shape index (κ1) is 13.7. The summed E-state index contributed by atoms with van der Waals surface area (Å²) in [6, 6.07) is 11.1. The molecule has 1 saturated carbocycles. The van der Waals surface area contributed by atoms with Crippen molar-refractivity contribution in [3.05, 3.63) is 30.3 Å². The van der Waals surface area contributed by atoms with Crippen LogP contribution in [0.25, 0.3) is 0 Å². The van der Waals surface area contributed by atoms with Gasteiger partial charge >= 0.3 is 0 Å². The van der Waals surface area contributed by atoms with Gasteiger partial charge in [-0.1, -0.05) is 31.0 Å². The van der Waals surface area contributed by atoms with E-state index in [2.05, 4.69) is 9.34 Å². The summed E-state index contributed by atoms with van der Waals surface area (Å²) >= 11 is 1.54. The van der Waals surface area contributed by atoms with Crippen molar-refractivity contribution in [2.75, 3.05) is 14.1 Å². The van der Waals surface area contributed by atoms with Gasteiger partial charge in [-0.15, -0.1) is 0 Å². The minimum absolute atomic E-state index is 0.473. The molecule has 1 aliphatic heterocycles. The van der Waals surface area contributed by atoms with Gasteiger partial charge in [-0.2, -0.15) is 0 Å². The van der Waals surface area contributed by atoms with E-state index in [1.165, 1.54) is 25.7 Å². The molecule has 1 aromatic rings. The molecule has 2 fully saturated rings. The third-order valence-electron chi connectivity index (χ3n) is 4.42. The molecule has 1 aromatic carbocycles. The fraction of sp³-hybridized carbons (Fsp3) is 0.571. The van der Waals surface area contributed by atoms with E-state index in [9.17, 15) is 4.57 Å². The van der Waals surface area contributed by atoms with Gasteiger partial charge in [0.25, 0.3) is 6.65 Å². The Bertz CT molecular complexity index is 473. The first-order chi connectivity index (χ1) is 9.13. The van der Waals surface area contributed by atoms with Crippen LogP contribution < -0.4 is 0 Å². The number of nitrogens with zero attached hydrogens (tertiary/aromatic N) is 2. The zero-order valence-electron chi connectivity index (χ0n) is 11.5. The molecule has 2 aliphatic rings. The highest BCUT2D eigenvalue weighted by atomic mass is 32.7. The van der Waals surface area contributed by atoms with Crippen LogP contribution in [0.5, 0.6) is 0 Å². The zero-order chi connectivity index (χ0) is 13.5. The van der Waals surface area contributed by atoms with Gasteiger partial charge in [0.15, 0.2) is 0 Å². The molecule has 0 unspecified atom stereocenters. The van der Waals surface area contributed by atoms with Gasteiger partial charge in [-0.25, -0.2) is 9.34 Å². The standard InChI is InChI=1S/C14H21N2OPS/c1-15-13-10-6-7-11-14(13)16(2)18(15,17)19-12-8-4-3-5-9-12/h3-5,8-9,13-14H,6-7,10-11H2,1-2H3/t13-,14-/m1/s1. The van der Waals surface area contributed by atoms with Crippen molar-refractivity contribution in [1.29, 1.82) is 0 Å². The van der Waals surface area contributed by atoms with Crippen LogP contribution in [0, 0.1) is 0 Å². The van der Waals surface area contributed by atoms with Crippen molar-refractivity contribution in [3.8, 4) is 0 Å². The highest BCUT2D eigenvalue weighted by Gasteiger charge is 2.52. The predicted molar refractivity (Wildman–Crippen MR) is 81.5 cm³/mol. The van der Waals surface area contributed by atoms with Gasteiger partial charge in [0.05, 0.1) is 0 Å². The van der Waals surface area contributed by atoms with Crippen LogP contribution in [-0.4, -0.2) is 35.5 Å². The number of hydrogen-bond donors (Lipinski definition) is 0. The smallest absolute Gasteiger partial charge is 0.276 e. The van der Waals surface area contributed by atoms with Gasteiger partial charge in [-0.05, 0) is 50.5 Å². The minimum Gasteiger partial charge on any atom is -0.276 e. The van der Waals surface area contributed by atoms with Crippen LogP contribution in [0.2, 0.25) is 0 Å². The number of benzene rings is 1. The lowest BCUT2D eigenvalue weighted by Crippen LogP contribution is -2.37. The van der Waals surface area contributed by atoms with Crippen molar-refractivity contribution >= 4 is 18.0 Å². The van der Waals surface area contributed by atoms with Gasteiger partial charge in [-0.3, -0.25) is 4.57 Å². The Morgan fingerprint density at radius 3 is 2.11 bits per heavy atom. The van der Waals surface area contributed by atoms with Crippen LogP contribution >= 0.6 is 18.0 Å². The fourth-order valence-electron chi connectivity index (χ4n) is 3.31. The van der Waals surface area contributed by atoms with Gasteiger partial charge in [0.2, 0.25) is 0 Å². The Labute approximate surface area is 119 Å². The van der Waals surface area contributed by atoms with E-state index in [-0.39, 0.29) is 0 Å². The first-order valence-corrected chi connectivity index (χ1v) is 9.97. The molecule has 0 N–H and O–H groups in total. The third-order valence-corrected chi connectivity index (χ3v) is 10.2. The summed E-state index contributed by atoms with van der Waals surface area (Å²) in [6.45, 7) is -2.50. The highest BCUT2D eigenvalue weighted by Crippen LogP contribution is 2.71. The Kier molecular flexibility index (Phi) is 3.78. The van der Waals surface area contributed by atoms with Gasteiger partial charge in [0, 0.05) is 17.0 Å². The largest absolute Gasteiger partial charge is 0.276 e. The van der Waals surface area contributed by atoms with Gasteiger partial charge < -0.3 is 0 Å². The third kappa shape index (κ3) is 2.29. The van der Waals surface area contributed by atoms with Crippen molar-refractivity contribution in [2.45, 2.75) is 42.7 Å². The molecule has 0 aromatic heterocycles. The summed E-state index contributed by atoms with van der Waals surface area (Å²) in [4.78, 5) is 1.10. The van der Waals surface area contributed by atoms with Crippen molar-refractivity contribution in [1.82, 2.24) is 9.34 Å². The van der Waals surface area contributed by atoms with Crippen LogP contribution in [0.4, 0.5) is 0 Å². The Balaban J connectivity index is 1.88. The highest BCUT2D eigenvalue weighted by molar-refractivity contribution is 8.56. The zero-order valence-corrected chi connectivity index (χ0v) is 13.2. The van der Waals surface area contributed by atoms with E-state index in [1.54, 1.807) is 11.4 Å². The molecule has 1 heterocycles. The Hall–Kier alpha value is -0.280. The molecular formula is C14H21N2OPS. The Morgan fingerprint density at radius 2 is 1.58 bits per heavy atom. The second-order valence-corrected chi connectivity index (χ2v) is 10.3. The lowest BCUT2D eigenvalue weighted by atomic mass is 9.91. The number of fused-ring (bicyclic) bond motifs is 1. The van der Waals surface area contributed by atoms with Gasteiger partial charge in [0.1, 0.15) is 0 Å². The minimum atomic E-state index is -2.50. The van der Waals surface area contributed by atoms with Crippen molar-refractivity contribution in [3.63, 3.8) is 0 Å². The molecule has 1 saturated heterocycles. The summed E-state index contributed by atoms with van der Waals surface area (Å²) in [5.41, 5.74) is 0. The van der Waals surface area contributed by atoms with E-state index >= 15 is 0 Å². The summed E-state index contributed by atoms with van der Waals surface area (Å²) in [5, 5.41) is 0. The summed E-state index contributed by atoms with van der Waals surface area (Å²) in [7, 11) is 4.09. The second kappa shape index (κ2) is 5.25. The molecule has 104 valence electrons. The normalized spacial score (nSPS) is 31.3. The quantitative estimate of drug-likeness (QED) is 0.767. The van der Waals surface area contributed by atoms with Crippen molar-refractivity contribution < 1.29 is 4.57 Å². The molecule has 0 bridgehead atoms. The summed E-state index contributed by atoms with van der Waals surface area (Å²) < 4.78 is 17.7. The molecule has 3 nitrogen and oxygen atoms in total. The number of hydrogen-bond acceptors (Lipinski definition) is 2. The molecule has 5 heteroatoms. The Morgan fingerprint density at radius 1 is 1.05 bits per heavy atom. The maximum atomic E-state index is 13.4. The van der Waals surface area contributed by atoms with Crippen LogP contribution in [-0.2, 0) is 4.57 Å². The molecule has 3 rings (SSSR count). The molecule has 0 spiro atoms. The van der Waals surface area contributed by atoms with E-state index in [0.29, 0.717) is 12.1 Å².